The van der Waals surface area contributed by atoms with E-state index in [1.165, 1.54) is 0 Å². The van der Waals surface area contributed by atoms with Gasteiger partial charge in [0, 0.05) is 0 Å². The second-order valence-corrected chi connectivity index (χ2v) is 6.60. The van der Waals surface area contributed by atoms with Crippen LogP contribution in [-0.2, 0) is 0 Å². The first-order chi connectivity index (χ1) is 7.83. The molecule has 7 atom stereocenters. The van der Waals surface area contributed by atoms with Gasteiger partial charge in [-0.1, -0.05) is 13.5 Å². The molecule has 0 aromatic heterocycles. The van der Waals surface area contributed by atoms with E-state index in [-0.39, 0.29) is 11.3 Å². The minimum atomic E-state index is -0.739. The molecule has 1 spiro atoms. The van der Waals surface area contributed by atoms with E-state index in [9.17, 15) is 15.3 Å². The Kier molecular flexibility index (Phi) is 2.16. The molecule has 0 radical (unpaired) electrons. The lowest BCUT2D eigenvalue weighted by molar-refractivity contribution is -0.0767. The topological polar surface area (TPSA) is 60.7 Å². The molecule has 0 unspecified atom stereocenters. The van der Waals surface area contributed by atoms with Gasteiger partial charge in [0.15, 0.2) is 0 Å². The minimum absolute atomic E-state index is 0.0619. The van der Waals surface area contributed by atoms with Crippen LogP contribution in [-0.4, -0.2) is 33.1 Å². The zero-order valence-electron chi connectivity index (χ0n) is 10.6. The van der Waals surface area contributed by atoms with Crippen LogP contribution in [0.1, 0.15) is 33.1 Å². The third-order valence-electron chi connectivity index (χ3n) is 5.96. The molecule has 3 saturated carbocycles. The second kappa shape index (κ2) is 3.14. The molecule has 3 aliphatic carbocycles. The zero-order valence-corrected chi connectivity index (χ0v) is 10.6. The van der Waals surface area contributed by atoms with E-state index in [2.05, 4.69) is 6.58 Å². The summed E-state index contributed by atoms with van der Waals surface area (Å²) in [6.07, 6.45) is 0.960. The van der Waals surface area contributed by atoms with Crippen LogP contribution >= 0.6 is 0 Å². The number of aliphatic hydroxyl groups is 3. The molecule has 3 rings (SSSR count). The quantitative estimate of drug-likeness (QED) is 0.599. The zero-order chi connectivity index (χ0) is 12.6. The lowest BCUT2D eigenvalue weighted by Gasteiger charge is -2.39. The monoisotopic (exact) mass is 238 g/mol. The van der Waals surface area contributed by atoms with Crippen molar-refractivity contribution in [2.45, 2.75) is 50.9 Å². The van der Waals surface area contributed by atoms with Gasteiger partial charge < -0.3 is 15.3 Å². The Labute approximate surface area is 102 Å². The molecule has 0 bridgehead atoms. The first-order valence-electron chi connectivity index (χ1n) is 6.57. The van der Waals surface area contributed by atoms with Gasteiger partial charge in [-0.05, 0) is 54.9 Å². The highest BCUT2D eigenvalue weighted by Gasteiger charge is 2.76. The van der Waals surface area contributed by atoms with Crippen LogP contribution in [0.2, 0.25) is 0 Å². The van der Waals surface area contributed by atoms with E-state index in [1.807, 2.05) is 13.8 Å². The molecule has 3 N–H and O–H groups in total. The molecule has 0 aromatic carbocycles. The molecule has 3 fully saturated rings. The summed E-state index contributed by atoms with van der Waals surface area (Å²) >= 11 is 0. The molecule has 0 saturated heterocycles. The van der Waals surface area contributed by atoms with E-state index in [0.29, 0.717) is 18.3 Å². The van der Waals surface area contributed by atoms with Gasteiger partial charge in [-0.15, -0.1) is 0 Å². The SMILES string of the molecule is C=C(C)[C@]1(O)C[C@@H]2[C@H]3C[C@@H](O)[C@H](O)[C@@H](C)[C@]32C1. The van der Waals surface area contributed by atoms with Gasteiger partial charge in [0.2, 0.25) is 0 Å². The fraction of sp³-hybridized carbons (Fsp3) is 0.857. The normalized spacial score (nSPS) is 60.6. The standard InChI is InChI=1S/C14H22O3/c1-7(2)13(17)5-10-9-4-11(15)12(16)8(3)14(9,10)6-13/h8-12,15-17H,1,4-6H2,2-3H3/t8-,9-,10-,11-,12-,13+,14-/m1/s1. The second-order valence-electron chi connectivity index (χ2n) is 6.60. The number of hydrogen-bond acceptors (Lipinski definition) is 3. The summed E-state index contributed by atoms with van der Waals surface area (Å²) in [7, 11) is 0. The summed E-state index contributed by atoms with van der Waals surface area (Å²) in [5.41, 5.74) is 0.162. The van der Waals surface area contributed by atoms with Crippen molar-refractivity contribution in [1.82, 2.24) is 0 Å². The van der Waals surface area contributed by atoms with Crippen LogP contribution in [0.3, 0.4) is 0 Å². The van der Waals surface area contributed by atoms with Gasteiger partial charge in [-0.25, -0.2) is 0 Å². The van der Waals surface area contributed by atoms with Crippen molar-refractivity contribution < 1.29 is 15.3 Å². The van der Waals surface area contributed by atoms with E-state index in [4.69, 9.17) is 0 Å². The number of aliphatic hydroxyl groups excluding tert-OH is 2. The Morgan fingerprint density at radius 2 is 1.94 bits per heavy atom. The first-order valence-corrected chi connectivity index (χ1v) is 6.57. The Balaban J connectivity index is 1.88. The van der Waals surface area contributed by atoms with Crippen LogP contribution in [0.25, 0.3) is 0 Å². The molecule has 17 heavy (non-hydrogen) atoms. The van der Waals surface area contributed by atoms with Crippen LogP contribution in [0.5, 0.6) is 0 Å². The Morgan fingerprint density at radius 3 is 2.53 bits per heavy atom. The highest BCUT2D eigenvalue weighted by Crippen LogP contribution is 2.78. The molecule has 3 heteroatoms. The van der Waals surface area contributed by atoms with Crippen molar-refractivity contribution in [3.05, 3.63) is 12.2 Å². The molecular formula is C14H22O3. The average molecular weight is 238 g/mol. The van der Waals surface area contributed by atoms with Gasteiger partial charge in [-0.2, -0.15) is 0 Å². The van der Waals surface area contributed by atoms with Crippen LogP contribution in [0, 0.1) is 23.2 Å². The van der Waals surface area contributed by atoms with E-state index >= 15 is 0 Å². The van der Waals surface area contributed by atoms with Crippen molar-refractivity contribution >= 4 is 0 Å². The molecule has 96 valence electrons. The van der Waals surface area contributed by atoms with Crippen molar-refractivity contribution in [2.75, 3.05) is 0 Å². The maximum absolute atomic E-state index is 10.5. The summed E-state index contributed by atoms with van der Waals surface area (Å²) < 4.78 is 0. The van der Waals surface area contributed by atoms with Gasteiger partial charge in [-0.3, -0.25) is 0 Å². The van der Waals surface area contributed by atoms with Crippen LogP contribution in [0.15, 0.2) is 12.2 Å². The maximum atomic E-state index is 10.5. The highest BCUT2D eigenvalue weighted by molar-refractivity contribution is 5.30. The molecule has 0 amide bonds. The molecular weight excluding hydrogens is 216 g/mol. The third-order valence-corrected chi connectivity index (χ3v) is 5.96. The fourth-order valence-electron chi connectivity index (χ4n) is 4.76. The largest absolute Gasteiger partial charge is 0.390 e. The molecule has 3 aliphatic rings. The Bertz CT molecular complexity index is 380. The van der Waals surface area contributed by atoms with Crippen molar-refractivity contribution in [2.24, 2.45) is 23.2 Å². The van der Waals surface area contributed by atoms with Crippen molar-refractivity contribution in [3.63, 3.8) is 0 Å². The summed E-state index contributed by atoms with van der Waals surface area (Å²) in [5.74, 6) is 1.04. The van der Waals surface area contributed by atoms with E-state index < -0.39 is 17.8 Å². The Hall–Kier alpha value is -0.380. The predicted molar refractivity (Wildman–Crippen MR) is 64.2 cm³/mol. The van der Waals surface area contributed by atoms with Gasteiger partial charge in [0.05, 0.1) is 17.8 Å². The summed E-state index contributed by atoms with van der Waals surface area (Å²) in [6.45, 7) is 7.80. The lowest BCUT2D eigenvalue weighted by Crippen LogP contribution is -2.44. The van der Waals surface area contributed by atoms with Crippen LogP contribution < -0.4 is 0 Å². The van der Waals surface area contributed by atoms with Gasteiger partial charge >= 0.3 is 0 Å². The molecule has 0 aliphatic heterocycles. The minimum Gasteiger partial charge on any atom is -0.390 e. The number of fused-ring (bicyclic) bond motifs is 1. The average Bonchev–Trinajstić information content (AvgIpc) is 2.70. The van der Waals surface area contributed by atoms with E-state index in [0.717, 1.165) is 18.4 Å². The fourth-order valence-corrected chi connectivity index (χ4v) is 4.76. The summed E-state index contributed by atoms with van der Waals surface area (Å²) in [4.78, 5) is 0. The summed E-state index contributed by atoms with van der Waals surface area (Å²) in [6, 6.07) is 0. The van der Waals surface area contributed by atoms with Gasteiger partial charge in [0.1, 0.15) is 0 Å². The first kappa shape index (κ1) is 11.7. The van der Waals surface area contributed by atoms with Crippen molar-refractivity contribution in [1.29, 1.82) is 0 Å². The van der Waals surface area contributed by atoms with Crippen molar-refractivity contribution in [3.8, 4) is 0 Å². The number of hydrogen-bond donors (Lipinski definition) is 3. The predicted octanol–water partition coefficient (Wildman–Crippen LogP) is 1.08. The molecule has 0 aromatic rings. The van der Waals surface area contributed by atoms with Gasteiger partial charge in [0.25, 0.3) is 0 Å². The Morgan fingerprint density at radius 1 is 1.29 bits per heavy atom. The van der Waals surface area contributed by atoms with Crippen LogP contribution in [0.4, 0.5) is 0 Å². The maximum Gasteiger partial charge on any atom is 0.0860 e. The lowest BCUT2D eigenvalue weighted by atomic mass is 9.71. The smallest absolute Gasteiger partial charge is 0.0860 e. The van der Waals surface area contributed by atoms with E-state index in [1.54, 1.807) is 0 Å². The molecule has 3 nitrogen and oxygen atoms in total. The summed E-state index contributed by atoms with van der Waals surface area (Å²) in [5, 5.41) is 30.4. The number of rotatable bonds is 1. The highest BCUT2D eigenvalue weighted by atomic mass is 16.3. The molecule has 0 heterocycles. The third kappa shape index (κ3) is 1.23.